The summed E-state index contributed by atoms with van der Waals surface area (Å²) < 4.78 is 1.93. The van der Waals surface area contributed by atoms with Gasteiger partial charge in [0, 0.05) is 22.3 Å². The molecule has 2 aliphatic rings. The smallest absolute Gasteiger partial charge is 0.263 e. The van der Waals surface area contributed by atoms with E-state index in [0.29, 0.717) is 12.3 Å². The Bertz CT molecular complexity index is 1130. The molecule has 2 aliphatic carbocycles. The average molecular weight is 474 g/mol. The van der Waals surface area contributed by atoms with Crippen LogP contribution in [0.15, 0.2) is 27.5 Å². The molecule has 3 aromatic heterocycles. The molecule has 0 saturated heterocycles. The highest BCUT2D eigenvalue weighted by Crippen LogP contribution is 2.37. The molecule has 3 heterocycles. The van der Waals surface area contributed by atoms with E-state index in [4.69, 9.17) is 4.98 Å². The van der Waals surface area contributed by atoms with Gasteiger partial charge in [-0.1, -0.05) is 30.7 Å². The molecule has 0 spiro atoms. The van der Waals surface area contributed by atoms with Crippen molar-refractivity contribution in [3.8, 4) is 0 Å². The molecule has 1 fully saturated rings. The van der Waals surface area contributed by atoms with Gasteiger partial charge in [0.1, 0.15) is 4.83 Å². The minimum absolute atomic E-state index is 0.000604. The number of aromatic nitrogens is 2. The van der Waals surface area contributed by atoms with E-state index in [9.17, 15) is 9.59 Å². The Balaban J connectivity index is 1.37. The highest BCUT2D eigenvalue weighted by atomic mass is 32.2. The number of aryl methyl sites for hydroxylation is 2. The van der Waals surface area contributed by atoms with Crippen molar-refractivity contribution in [2.24, 2.45) is 0 Å². The summed E-state index contributed by atoms with van der Waals surface area (Å²) in [4.78, 5) is 34.5. The summed E-state index contributed by atoms with van der Waals surface area (Å²) in [6, 6.07) is 4.34. The van der Waals surface area contributed by atoms with Crippen LogP contribution >= 0.6 is 34.4 Å². The average Bonchev–Trinajstić information content (AvgIpc) is 3.52. The van der Waals surface area contributed by atoms with Crippen molar-refractivity contribution in [3.63, 3.8) is 0 Å². The molecule has 5 rings (SSSR count). The molecule has 0 unspecified atom stereocenters. The topological polar surface area (TPSA) is 64.0 Å². The summed E-state index contributed by atoms with van der Waals surface area (Å²) in [5.74, 6) is 0.291. The summed E-state index contributed by atoms with van der Waals surface area (Å²) in [7, 11) is 0. The fraction of sp³-hybridized carbons (Fsp3) is 0.522. The van der Waals surface area contributed by atoms with Crippen molar-refractivity contribution in [2.45, 2.75) is 69.0 Å². The molecule has 0 aliphatic heterocycles. The van der Waals surface area contributed by atoms with E-state index in [1.54, 1.807) is 22.7 Å². The molecule has 3 aromatic rings. The zero-order valence-corrected chi connectivity index (χ0v) is 20.0. The van der Waals surface area contributed by atoms with Crippen molar-refractivity contribution < 1.29 is 4.79 Å². The number of carbonyl (C=O) groups excluding carboxylic acids is 1. The highest BCUT2D eigenvalue weighted by Gasteiger charge is 2.27. The van der Waals surface area contributed by atoms with E-state index in [1.807, 2.05) is 10.6 Å². The lowest BCUT2D eigenvalue weighted by Gasteiger charge is -2.18. The molecule has 31 heavy (non-hydrogen) atoms. The summed E-state index contributed by atoms with van der Waals surface area (Å²) in [5.41, 5.74) is 1.37. The largest absolute Gasteiger partial charge is 0.355 e. The van der Waals surface area contributed by atoms with Gasteiger partial charge in [0.2, 0.25) is 5.91 Å². The first kappa shape index (κ1) is 21.2. The molecule has 5 nitrogen and oxygen atoms in total. The molecule has 0 atom stereocenters. The fourth-order valence-corrected chi connectivity index (χ4v) is 7.65. The maximum Gasteiger partial charge on any atom is 0.263 e. The van der Waals surface area contributed by atoms with Crippen molar-refractivity contribution in [1.29, 1.82) is 0 Å². The van der Waals surface area contributed by atoms with Crippen LogP contribution in [0, 0.1) is 0 Å². The minimum Gasteiger partial charge on any atom is -0.355 e. The van der Waals surface area contributed by atoms with E-state index in [0.717, 1.165) is 66.7 Å². The van der Waals surface area contributed by atoms with Gasteiger partial charge in [-0.05, 0) is 62.0 Å². The maximum absolute atomic E-state index is 13.6. The van der Waals surface area contributed by atoms with Crippen LogP contribution in [0.5, 0.6) is 0 Å². The van der Waals surface area contributed by atoms with Crippen molar-refractivity contribution in [1.82, 2.24) is 14.9 Å². The third kappa shape index (κ3) is 4.47. The van der Waals surface area contributed by atoms with Crippen molar-refractivity contribution in [2.75, 3.05) is 12.3 Å². The molecular formula is C23H27N3O2S3. The lowest BCUT2D eigenvalue weighted by Crippen LogP contribution is -2.29. The van der Waals surface area contributed by atoms with Crippen molar-refractivity contribution in [3.05, 3.63) is 43.2 Å². The zero-order valence-electron chi connectivity index (χ0n) is 17.5. The SMILES string of the molecule is O=C(CSc1nc2sc3c(c2c(=O)n1C1CCCC1)CCCC3)NCCc1cccs1. The lowest BCUT2D eigenvalue weighted by molar-refractivity contribution is -0.118. The predicted molar refractivity (Wildman–Crippen MR) is 130 cm³/mol. The Hall–Kier alpha value is -1.64. The fourth-order valence-electron chi connectivity index (χ4n) is 4.75. The maximum atomic E-state index is 13.6. The van der Waals surface area contributed by atoms with E-state index in [-0.39, 0.29) is 17.5 Å². The van der Waals surface area contributed by atoms with E-state index < -0.39 is 0 Å². The van der Waals surface area contributed by atoms with Gasteiger partial charge < -0.3 is 5.32 Å². The van der Waals surface area contributed by atoms with Crippen LogP contribution in [0.2, 0.25) is 0 Å². The van der Waals surface area contributed by atoms with Crippen LogP contribution in [0.1, 0.15) is 59.9 Å². The first-order chi connectivity index (χ1) is 15.2. The Morgan fingerprint density at radius 2 is 2.06 bits per heavy atom. The molecule has 0 aromatic carbocycles. The van der Waals surface area contributed by atoms with Crippen LogP contribution in [0.25, 0.3) is 10.2 Å². The number of thiophene rings is 2. The van der Waals surface area contributed by atoms with Crippen LogP contribution < -0.4 is 10.9 Å². The predicted octanol–water partition coefficient (Wildman–Crippen LogP) is 4.96. The second-order valence-electron chi connectivity index (χ2n) is 8.37. The van der Waals surface area contributed by atoms with Gasteiger partial charge >= 0.3 is 0 Å². The van der Waals surface area contributed by atoms with Gasteiger partial charge in [-0.15, -0.1) is 22.7 Å². The molecule has 0 bridgehead atoms. The standard InChI is InChI=1S/C23H27N3O2S3/c27-19(24-12-11-16-8-5-13-29-16)14-30-23-25-21-20(17-9-3-4-10-18(17)31-21)22(28)26(23)15-6-1-2-7-15/h5,8,13,15H,1-4,6-7,9-12,14H2,(H,24,27). The number of nitrogens with zero attached hydrogens (tertiary/aromatic N) is 2. The number of fused-ring (bicyclic) bond motifs is 3. The Kier molecular flexibility index (Phi) is 6.48. The van der Waals surface area contributed by atoms with Gasteiger partial charge in [-0.25, -0.2) is 4.98 Å². The molecular weight excluding hydrogens is 446 g/mol. The first-order valence-corrected chi connectivity index (χ1v) is 13.9. The molecule has 1 amide bonds. The Morgan fingerprint density at radius 1 is 1.23 bits per heavy atom. The molecule has 1 N–H and O–H groups in total. The Labute approximate surface area is 194 Å². The van der Waals surface area contributed by atoms with Crippen LogP contribution in [0.3, 0.4) is 0 Å². The number of thioether (sulfide) groups is 1. The number of carbonyl (C=O) groups is 1. The number of rotatable bonds is 7. The van der Waals surface area contributed by atoms with Crippen molar-refractivity contribution >= 4 is 50.6 Å². The number of hydrogen-bond acceptors (Lipinski definition) is 6. The quantitative estimate of drug-likeness (QED) is 0.389. The second-order valence-corrected chi connectivity index (χ2v) is 11.4. The summed E-state index contributed by atoms with van der Waals surface area (Å²) in [5, 5.41) is 6.64. The van der Waals surface area contributed by atoms with E-state index in [1.165, 1.54) is 33.5 Å². The van der Waals surface area contributed by atoms with Gasteiger partial charge in [-0.2, -0.15) is 0 Å². The van der Waals surface area contributed by atoms with Crippen LogP contribution in [-0.4, -0.2) is 27.8 Å². The normalized spacial score (nSPS) is 16.6. The summed E-state index contributed by atoms with van der Waals surface area (Å²) in [6.07, 6.45) is 9.64. The number of amides is 1. The van der Waals surface area contributed by atoms with E-state index >= 15 is 0 Å². The van der Waals surface area contributed by atoms with Gasteiger partial charge in [0.25, 0.3) is 5.56 Å². The summed E-state index contributed by atoms with van der Waals surface area (Å²) in [6.45, 7) is 0.638. The number of nitrogens with one attached hydrogen (secondary N) is 1. The molecule has 8 heteroatoms. The first-order valence-electron chi connectivity index (χ1n) is 11.2. The Morgan fingerprint density at radius 3 is 2.87 bits per heavy atom. The third-order valence-corrected chi connectivity index (χ3v) is 9.36. The third-order valence-electron chi connectivity index (χ3n) is 6.28. The highest BCUT2D eigenvalue weighted by molar-refractivity contribution is 7.99. The molecule has 0 radical (unpaired) electrons. The number of hydrogen-bond donors (Lipinski definition) is 1. The molecule has 1 saturated carbocycles. The summed E-state index contributed by atoms with van der Waals surface area (Å²) >= 11 is 4.81. The van der Waals surface area contributed by atoms with Crippen LogP contribution in [-0.2, 0) is 24.1 Å². The van der Waals surface area contributed by atoms with Gasteiger partial charge in [-0.3, -0.25) is 14.2 Å². The van der Waals surface area contributed by atoms with Gasteiger partial charge in [0.15, 0.2) is 5.16 Å². The minimum atomic E-state index is -0.000604. The zero-order chi connectivity index (χ0) is 21.2. The lowest BCUT2D eigenvalue weighted by atomic mass is 9.97. The second kappa shape index (κ2) is 9.46. The molecule has 164 valence electrons. The van der Waals surface area contributed by atoms with E-state index in [2.05, 4.69) is 16.8 Å². The van der Waals surface area contributed by atoms with Gasteiger partial charge in [0.05, 0.1) is 11.1 Å². The van der Waals surface area contributed by atoms with Crippen LogP contribution in [0.4, 0.5) is 0 Å². The monoisotopic (exact) mass is 473 g/mol.